The molecule has 0 aliphatic carbocycles. The lowest BCUT2D eigenvalue weighted by Gasteiger charge is -2.17. The number of aryl methyl sites for hydroxylation is 2. The van der Waals surface area contributed by atoms with Gasteiger partial charge in [-0.1, -0.05) is 0 Å². The maximum Gasteiger partial charge on any atom is 0.328 e. The van der Waals surface area contributed by atoms with Gasteiger partial charge in [0.2, 0.25) is 0 Å². The van der Waals surface area contributed by atoms with Crippen molar-refractivity contribution in [2.24, 2.45) is 7.05 Å². The molecule has 0 aromatic carbocycles. The minimum Gasteiger partial charge on any atom is -0.480 e. The van der Waals surface area contributed by atoms with E-state index in [0.29, 0.717) is 0 Å². The number of nitrogens with zero attached hydrogens (tertiary/aromatic N) is 2. The second kappa shape index (κ2) is 6.38. The molecular weight excluding hydrogens is 264 g/mol. The Labute approximate surface area is 116 Å². The summed E-state index contributed by atoms with van der Waals surface area (Å²) in [5.41, 5.74) is 2.61. The Bertz CT molecular complexity index is 510. The van der Waals surface area contributed by atoms with Gasteiger partial charge in [-0.05, 0) is 20.8 Å². The summed E-state index contributed by atoms with van der Waals surface area (Å²) in [6.45, 7) is 5.25. The van der Waals surface area contributed by atoms with Crippen LogP contribution in [0.5, 0.6) is 0 Å². The zero-order valence-corrected chi connectivity index (χ0v) is 12.0. The van der Waals surface area contributed by atoms with Gasteiger partial charge in [-0.2, -0.15) is 5.10 Å². The predicted molar refractivity (Wildman–Crippen MR) is 71.2 cm³/mol. The van der Waals surface area contributed by atoms with Crippen LogP contribution < -0.4 is 10.6 Å². The van der Waals surface area contributed by atoms with Crippen LogP contribution in [0, 0.1) is 13.8 Å². The van der Waals surface area contributed by atoms with Crippen molar-refractivity contribution in [1.29, 1.82) is 0 Å². The lowest BCUT2D eigenvalue weighted by molar-refractivity contribution is -0.141. The van der Waals surface area contributed by atoms with Crippen LogP contribution in [0.1, 0.15) is 23.9 Å². The smallest absolute Gasteiger partial charge is 0.328 e. The lowest BCUT2D eigenvalue weighted by Crippen LogP contribution is -2.51. The Kier molecular flexibility index (Phi) is 5.09. The third-order valence-corrected chi connectivity index (χ3v) is 3.12. The highest BCUT2D eigenvalue weighted by molar-refractivity contribution is 5.82. The van der Waals surface area contributed by atoms with Crippen LogP contribution in [0.2, 0.25) is 0 Å². The fourth-order valence-electron chi connectivity index (χ4n) is 1.82. The summed E-state index contributed by atoms with van der Waals surface area (Å²) in [6.07, 6.45) is -1.18. The number of carbonyl (C=O) groups excluding carboxylic acids is 1. The van der Waals surface area contributed by atoms with E-state index in [9.17, 15) is 14.7 Å². The van der Waals surface area contributed by atoms with Crippen molar-refractivity contribution in [3.8, 4) is 0 Å². The van der Waals surface area contributed by atoms with Gasteiger partial charge >= 0.3 is 12.0 Å². The van der Waals surface area contributed by atoms with Gasteiger partial charge in [0.25, 0.3) is 0 Å². The van der Waals surface area contributed by atoms with Crippen molar-refractivity contribution >= 4 is 12.0 Å². The van der Waals surface area contributed by atoms with E-state index < -0.39 is 24.1 Å². The number of carboxylic acids is 1. The van der Waals surface area contributed by atoms with Crippen LogP contribution in [-0.4, -0.2) is 44.1 Å². The molecule has 20 heavy (non-hydrogen) atoms. The summed E-state index contributed by atoms with van der Waals surface area (Å²) >= 11 is 0. The number of aliphatic hydroxyl groups is 1. The van der Waals surface area contributed by atoms with Crippen LogP contribution in [0.15, 0.2) is 0 Å². The minimum absolute atomic E-state index is 0.240. The molecule has 4 N–H and O–H groups in total. The molecule has 8 nitrogen and oxygen atoms in total. The Morgan fingerprint density at radius 3 is 2.40 bits per heavy atom. The molecule has 0 saturated heterocycles. The van der Waals surface area contributed by atoms with Gasteiger partial charge < -0.3 is 20.8 Å². The summed E-state index contributed by atoms with van der Waals surface area (Å²) in [5, 5.41) is 27.1. The monoisotopic (exact) mass is 284 g/mol. The summed E-state index contributed by atoms with van der Waals surface area (Å²) in [7, 11) is 1.81. The molecule has 0 aliphatic rings. The molecule has 2 atom stereocenters. The number of hydrogen-bond donors (Lipinski definition) is 4. The first-order valence-corrected chi connectivity index (χ1v) is 6.18. The van der Waals surface area contributed by atoms with Crippen molar-refractivity contribution in [2.75, 3.05) is 0 Å². The second-order valence-corrected chi connectivity index (χ2v) is 4.66. The highest BCUT2D eigenvalue weighted by Gasteiger charge is 2.24. The number of urea groups is 1. The Morgan fingerprint density at radius 1 is 1.40 bits per heavy atom. The van der Waals surface area contributed by atoms with Crippen LogP contribution in [0.25, 0.3) is 0 Å². The second-order valence-electron chi connectivity index (χ2n) is 4.66. The maximum atomic E-state index is 11.6. The van der Waals surface area contributed by atoms with E-state index >= 15 is 0 Å². The quantitative estimate of drug-likeness (QED) is 0.591. The molecule has 2 amide bonds. The summed E-state index contributed by atoms with van der Waals surface area (Å²) in [5.74, 6) is -1.29. The van der Waals surface area contributed by atoms with Gasteiger partial charge in [0.15, 0.2) is 6.04 Å². The Hall–Kier alpha value is -2.09. The molecule has 1 aromatic rings. The average Bonchev–Trinajstić information content (AvgIpc) is 2.57. The van der Waals surface area contributed by atoms with Crippen molar-refractivity contribution in [3.63, 3.8) is 0 Å². The van der Waals surface area contributed by atoms with E-state index in [2.05, 4.69) is 15.7 Å². The number of aliphatic hydroxyl groups excluding tert-OH is 1. The van der Waals surface area contributed by atoms with Crippen molar-refractivity contribution < 1.29 is 19.8 Å². The van der Waals surface area contributed by atoms with Crippen molar-refractivity contribution in [1.82, 2.24) is 20.4 Å². The number of nitrogens with one attached hydrogen (secondary N) is 2. The molecular formula is C12H20N4O4. The lowest BCUT2D eigenvalue weighted by atomic mass is 10.2. The number of rotatable bonds is 5. The number of hydrogen-bond acceptors (Lipinski definition) is 4. The Morgan fingerprint density at radius 2 is 2.00 bits per heavy atom. The van der Waals surface area contributed by atoms with Gasteiger partial charge in [0.05, 0.1) is 11.8 Å². The largest absolute Gasteiger partial charge is 0.480 e. The van der Waals surface area contributed by atoms with Crippen LogP contribution in [0.4, 0.5) is 4.79 Å². The normalized spacial score (nSPS) is 13.7. The van der Waals surface area contributed by atoms with Gasteiger partial charge in [-0.25, -0.2) is 9.59 Å². The van der Waals surface area contributed by atoms with E-state index in [1.165, 1.54) is 6.92 Å². The molecule has 0 radical (unpaired) electrons. The molecule has 0 bridgehead atoms. The van der Waals surface area contributed by atoms with Crippen LogP contribution in [0.3, 0.4) is 0 Å². The topological polar surface area (TPSA) is 116 Å². The van der Waals surface area contributed by atoms with Gasteiger partial charge in [0.1, 0.15) is 0 Å². The van der Waals surface area contributed by atoms with Crippen LogP contribution in [-0.2, 0) is 18.4 Å². The van der Waals surface area contributed by atoms with E-state index in [1.54, 1.807) is 11.7 Å². The third kappa shape index (κ3) is 3.70. The molecule has 0 aliphatic heterocycles. The van der Waals surface area contributed by atoms with Crippen molar-refractivity contribution in [3.05, 3.63) is 17.0 Å². The van der Waals surface area contributed by atoms with E-state index in [0.717, 1.165) is 17.0 Å². The minimum atomic E-state index is -1.34. The van der Waals surface area contributed by atoms with E-state index in [-0.39, 0.29) is 6.54 Å². The summed E-state index contributed by atoms with van der Waals surface area (Å²) in [4.78, 5) is 22.5. The van der Waals surface area contributed by atoms with Gasteiger partial charge in [-0.15, -0.1) is 0 Å². The molecule has 0 fully saturated rings. The number of carbonyl (C=O) groups is 2. The van der Waals surface area contributed by atoms with Crippen LogP contribution >= 0.6 is 0 Å². The summed E-state index contributed by atoms with van der Waals surface area (Å²) < 4.78 is 1.71. The average molecular weight is 284 g/mol. The molecule has 2 unspecified atom stereocenters. The van der Waals surface area contributed by atoms with Crippen molar-refractivity contribution in [2.45, 2.75) is 39.5 Å². The van der Waals surface area contributed by atoms with Gasteiger partial charge in [-0.3, -0.25) is 4.68 Å². The number of amides is 2. The molecule has 0 saturated carbocycles. The summed E-state index contributed by atoms with van der Waals surface area (Å²) in [6, 6.07) is -1.99. The first-order chi connectivity index (χ1) is 9.23. The Balaban J connectivity index is 2.61. The fourth-order valence-corrected chi connectivity index (χ4v) is 1.82. The highest BCUT2D eigenvalue weighted by Crippen LogP contribution is 2.10. The molecule has 1 rings (SSSR count). The molecule has 0 spiro atoms. The maximum absolute atomic E-state index is 11.6. The fraction of sp³-hybridized carbons (Fsp3) is 0.583. The third-order valence-electron chi connectivity index (χ3n) is 3.12. The number of aromatic nitrogens is 2. The molecule has 1 heterocycles. The zero-order chi connectivity index (χ0) is 15.4. The van der Waals surface area contributed by atoms with E-state index in [1.807, 2.05) is 13.8 Å². The van der Waals surface area contributed by atoms with Gasteiger partial charge in [0, 0.05) is 24.8 Å². The predicted octanol–water partition coefficient (Wildman–Crippen LogP) is -0.330. The first-order valence-electron chi connectivity index (χ1n) is 6.18. The molecule has 8 heteroatoms. The zero-order valence-electron chi connectivity index (χ0n) is 12.0. The standard InChI is InChI=1S/C12H20N4O4/c1-6-9(7(2)16(4)15-6)5-13-12(20)14-10(8(3)17)11(18)19/h8,10,17H,5H2,1-4H3,(H,18,19)(H2,13,14,20). The first kappa shape index (κ1) is 16.0. The molecule has 1 aromatic heterocycles. The van der Waals surface area contributed by atoms with E-state index in [4.69, 9.17) is 5.11 Å². The highest BCUT2D eigenvalue weighted by atomic mass is 16.4. The SMILES string of the molecule is Cc1nn(C)c(C)c1CNC(=O)NC(C(=O)O)C(C)O. The number of carboxylic acid groups (broad SMARTS) is 1. The number of aliphatic carboxylic acids is 1. The molecule has 112 valence electrons.